The van der Waals surface area contributed by atoms with Crippen molar-refractivity contribution < 1.29 is 14.6 Å². The first kappa shape index (κ1) is 13.7. The largest absolute Gasteiger partial charge is 0.489 e. The molecule has 3 nitrogen and oxygen atoms in total. The van der Waals surface area contributed by atoms with Gasteiger partial charge in [0, 0.05) is 0 Å². The fraction of sp³-hybridized carbons (Fsp3) is 0.571. The van der Waals surface area contributed by atoms with E-state index in [4.69, 9.17) is 9.47 Å². The third-order valence-electron chi connectivity index (χ3n) is 2.45. The molecule has 0 saturated carbocycles. The molecule has 0 bridgehead atoms. The van der Waals surface area contributed by atoms with Gasteiger partial charge in [-0.1, -0.05) is 32.8 Å². The average molecular weight is 237 g/mol. The summed E-state index contributed by atoms with van der Waals surface area (Å²) in [6.07, 6.45) is 4.03. The molecule has 0 aliphatic heterocycles. The molecule has 1 rings (SSSR count). The SMILES string of the molecule is CCCCOc1cccc(OCCCC)c1[O]. The minimum absolute atomic E-state index is 0.139. The van der Waals surface area contributed by atoms with Crippen LogP contribution in [0.25, 0.3) is 0 Å². The van der Waals surface area contributed by atoms with E-state index in [9.17, 15) is 5.11 Å². The minimum Gasteiger partial charge on any atom is -0.489 e. The Morgan fingerprint density at radius 2 is 1.41 bits per heavy atom. The zero-order chi connectivity index (χ0) is 12.5. The van der Waals surface area contributed by atoms with Crippen LogP contribution in [0.2, 0.25) is 0 Å². The van der Waals surface area contributed by atoms with Gasteiger partial charge in [0.1, 0.15) is 0 Å². The van der Waals surface area contributed by atoms with Crippen LogP contribution in [0.15, 0.2) is 18.2 Å². The molecule has 0 aliphatic carbocycles. The summed E-state index contributed by atoms with van der Waals surface area (Å²) >= 11 is 0. The van der Waals surface area contributed by atoms with Crippen LogP contribution >= 0.6 is 0 Å². The van der Waals surface area contributed by atoms with Crippen LogP contribution in [0, 0.1) is 0 Å². The van der Waals surface area contributed by atoms with E-state index in [-0.39, 0.29) is 5.75 Å². The van der Waals surface area contributed by atoms with Gasteiger partial charge in [-0.3, -0.25) is 5.11 Å². The van der Waals surface area contributed by atoms with Crippen molar-refractivity contribution in [1.29, 1.82) is 0 Å². The molecule has 0 saturated heterocycles. The zero-order valence-corrected chi connectivity index (χ0v) is 10.7. The molecule has 0 N–H and O–H groups in total. The molecule has 0 aliphatic rings. The van der Waals surface area contributed by atoms with Crippen LogP contribution in [-0.2, 0) is 5.11 Å². The second-order valence-electron chi connectivity index (χ2n) is 3.99. The van der Waals surface area contributed by atoms with Crippen LogP contribution in [-0.4, -0.2) is 13.2 Å². The molecule has 0 heterocycles. The third kappa shape index (κ3) is 4.55. The first-order valence-electron chi connectivity index (χ1n) is 6.35. The number of benzene rings is 1. The van der Waals surface area contributed by atoms with E-state index in [1.165, 1.54) is 0 Å². The summed E-state index contributed by atoms with van der Waals surface area (Å²) in [5.41, 5.74) is 0. The molecule has 1 aromatic rings. The summed E-state index contributed by atoms with van der Waals surface area (Å²) in [6.45, 7) is 5.35. The Morgan fingerprint density at radius 1 is 0.941 bits per heavy atom. The van der Waals surface area contributed by atoms with E-state index in [0.717, 1.165) is 25.7 Å². The third-order valence-corrected chi connectivity index (χ3v) is 2.45. The Hall–Kier alpha value is -1.38. The quantitative estimate of drug-likeness (QED) is 0.636. The highest BCUT2D eigenvalue weighted by Gasteiger charge is 2.11. The Bertz CT molecular complexity index is 295. The summed E-state index contributed by atoms with van der Waals surface area (Å²) < 4.78 is 10.9. The lowest BCUT2D eigenvalue weighted by Gasteiger charge is -2.10. The predicted octanol–water partition coefficient (Wildman–Crippen LogP) is 4.19. The van der Waals surface area contributed by atoms with Crippen LogP contribution < -0.4 is 9.47 Å². The summed E-state index contributed by atoms with van der Waals surface area (Å²) in [4.78, 5) is 0. The molecule has 0 spiro atoms. The van der Waals surface area contributed by atoms with Crippen LogP contribution in [0.1, 0.15) is 39.5 Å². The minimum atomic E-state index is -0.139. The van der Waals surface area contributed by atoms with Crippen LogP contribution in [0.5, 0.6) is 17.2 Å². The maximum atomic E-state index is 11.9. The maximum absolute atomic E-state index is 11.9. The molecule has 3 heteroatoms. The van der Waals surface area contributed by atoms with Crippen molar-refractivity contribution in [3.8, 4) is 17.2 Å². The van der Waals surface area contributed by atoms with E-state index in [0.29, 0.717) is 24.7 Å². The lowest BCUT2D eigenvalue weighted by molar-refractivity contribution is 0.243. The van der Waals surface area contributed by atoms with Crippen molar-refractivity contribution in [2.24, 2.45) is 0 Å². The van der Waals surface area contributed by atoms with Crippen molar-refractivity contribution in [1.82, 2.24) is 0 Å². The Morgan fingerprint density at radius 3 is 1.82 bits per heavy atom. The lowest BCUT2D eigenvalue weighted by Crippen LogP contribution is -1.99. The molecular weight excluding hydrogens is 216 g/mol. The molecule has 17 heavy (non-hydrogen) atoms. The van der Waals surface area contributed by atoms with Crippen LogP contribution in [0.3, 0.4) is 0 Å². The Kier molecular flexibility index (Phi) is 6.30. The van der Waals surface area contributed by atoms with Gasteiger partial charge in [-0.15, -0.1) is 0 Å². The van der Waals surface area contributed by atoms with Gasteiger partial charge in [-0.25, -0.2) is 0 Å². The van der Waals surface area contributed by atoms with Gasteiger partial charge < -0.3 is 9.47 Å². The second kappa shape index (κ2) is 7.82. The van der Waals surface area contributed by atoms with Crippen molar-refractivity contribution in [3.63, 3.8) is 0 Å². The number of hydrogen-bond donors (Lipinski definition) is 0. The molecule has 1 aromatic carbocycles. The monoisotopic (exact) mass is 237 g/mol. The predicted molar refractivity (Wildman–Crippen MR) is 67.4 cm³/mol. The van der Waals surface area contributed by atoms with Crippen molar-refractivity contribution in [2.75, 3.05) is 13.2 Å². The van der Waals surface area contributed by atoms with E-state index in [1.807, 2.05) is 0 Å². The van der Waals surface area contributed by atoms with Gasteiger partial charge in [0.05, 0.1) is 13.2 Å². The normalized spacial score (nSPS) is 10.2. The van der Waals surface area contributed by atoms with Gasteiger partial charge in [0.2, 0.25) is 0 Å². The van der Waals surface area contributed by atoms with Crippen molar-refractivity contribution in [2.45, 2.75) is 39.5 Å². The zero-order valence-electron chi connectivity index (χ0n) is 10.7. The summed E-state index contributed by atoms with van der Waals surface area (Å²) in [5.74, 6) is 0.652. The van der Waals surface area contributed by atoms with Gasteiger partial charge >= 0.3 is 0 Å². The molecule has 95 valence electrons. The fourth-order valence-corrected chi connectivity index (χ4v) is 1.38. The highest BCUT2D eigenvalue weighted by atomic mass is 16.5. The molecule has 0 unspecified atom stereocenters. The summed E-state index contributed by atoms with van der Waals surface area (Å²) in [5, 5.41) is 11.9. The number of rotatable bonds is 8. The smallest absolute Gasteiger partial charge is 0.261 e. The van der Waals surface area contributed by atoms with Crippen LogP contribution in [0.4, 0.5) is 0 Å². The van der Waals surface area contributed by atoms with E-state index in [1.54, 1.807) is 18.2 Å². The molecule has 1 radical (unpaired) electrons. The van der Waals surface area contributed by atoms with Gasteiger partial charge in [0.25, 0.3) is 5.75 Å². The molecule has 0 fully saturated rings. The van der Waals surface area contributed by atoms with E-state index < -0.39 is 0 Å². The Balaban J connectivity index is 2.56. The molecule has 0 amide bonds. The average Bonchev–Trinajstić information content (AvgIpc) is 2.34. The second-order valence-corrected chi connectivity index (χ2v) is 3.99. The van der Waals surface area contributed by atoms with E-state index >= 15 is 0 Å². The number of para-hydroxylation sites is 1. The number of hydrogen-bond acceptors (Lipinski definition) is 2. The van der Waals surface area contributed by atoms with Gasteiger partial charge in [0.15, 0.2) is 11.5 Å². The standard InChI is InChI=1S/C14H21O3/c1-3-5-10-16-12-8-7-9-13(14(12)15)17-11-6-4-2/h7-9H,3-6,10-11H2,1-2H3. The fourth-order valence-electron chi connectivity index (χ4n) is 1.38. The molecule has 0 aromatic heterocycles. The highest BCUT2D eigenvalue weighted by molar-refractivity contribution is 5.49. The molecular formula is C14H21O3. The highest BCUT2D eigenvalue weighted by Crippen LogP contribution is 2.36. The van der Waals surface area contributed by atoms with Crippen molar-refractivity contribution in [3.05, 3.63) is 18.2 Å². The van der Waals surface area contributed by atoms with E-state index in [2.05, 4.69) is 13.8 Å². The maximum Gasteiger partial charge on any atom is 0.261 e. The topological polar surface area (TPSA) is 38.4 Å². The molecule has 0 atom stereocenters. The first-order valence-corrected chi connectivity index (χ1v) is 6.35. The number of ether oxygens (including phenoxy) is 2. The van der Waals surface area contributed by atoms with Gasteiger partial charge in [-0.2, -0.15) is 0 Å². The van der Waals surface area contributed by atoms with Gasteiger partial charge in [-0.05, 0) is 25.0 Å². The first-order chi connectivity index (χ1) is 8.29. The summed E-state index contributed by atoms with van der Waals surface area (Å²) in [6, 6.07) is 5.19. The Labute approximate surface area is 103 Å². The number of unbranched alkanes of at least 4 members (excludes halogenated alkanes) is 2. The summed E-state index contributed by atoms with van der Waals surface area (Å²) in [7, 11) is 0. The lowest BCUT2D eigenvalue weighted by atomic mass is 10.3. The van der Waals surface area contributed by atoms with Crippen molar-refractivity contribution >= 4 is 0 Å².